The van der Waals surface area contributed by atoms with Crippen LogP contribution in [0.4, 0.5) is 0 Å². The lowest BCUT2D eigenvalue weighted by atomic mass is 9.62. The molecule has 0 radical (unpaired) electrons. The predicted molar refractivity (Wildman–Crippen MR) is 75.1 cm³/mol. The molecule has 0 unspecified atom stereocenters. The van der Waals surface area contributed by atoms with Gasteiger partial charge in [0.05, 0.1) is 26.2 Å². The van der Waals surface area contributed by atoms with Crippen LogP contribution in [0.2, 0.25) is 0 Å². The van der Waals surface area contributed by atoms with Gasteiger partial charge in [-0.15, -0.1) is 0 Å². The first kappa shape index (κ1) is 14.7. The van der Waals surface area contributed by atoms with E-state index in [1.807, 2.05) is 12.1 Å². The molecular weight excluding hydrogens is 258 g/mol. The maximum absolute atomic E-state index is 12.3. The molecule has 1 aliphatic rings. The third-order valence-corrected chi connectivity index (χ3v) is 3.82. The Bertz CT molecular complexity index is 495. The van der Waals surface area contributed by atoms with Crippen molar-refractivity contribution in [1.82, 2.24) is 0 Å². The first-order valence-corrected chi connectivity index (χ1v) is 6.72. The summed E-state index contributed by atoms with van der Waals surface area (Å²) in [5.74, 6) is 1.03. The number of ether oxygens (including phenoxy) is 3. The quantitative estimate of drug-likeness (QED) is 0.829. The summed E-state index contributed by atoms with van der Waals surface area (Å²) in [6.45, 7) is 2.17. The highest BCUT2D eigenvalue weighted by atomic mass is 16.5. The van der Waals surface area contributed by atoms with E-state index < -0.39 is 5.41 Å². The number of hydrogen-bond acceptors (Lipinski definition) is 5. The van der Waals surface area contributed by atoms with E-state index in [-0.39, 0.29) is 12.0 Å². The molecule has 0 bridgehead atoms. The Morgan fingerprint density at radius 3 is 2.45 bits per heavy atom. The monoisotopic (exact) mass is 279 g/mol. The summed E-state index contributed by atoms with van der Waals surface area (Å²) in [7, 11) is 3.16. The molecule has 110 valence electrons. The van der Waals surface area contributed by atoms with E-state index in [1.54, 1.807) is 27.2 Å². The van der Waals surface area contributed by atoms with Crippen LogP contribution in [0, 0.1) is 0 Å². The smallest absolute Gasteiger partial charge is 0.316 e. The largest absolute Gasteiger partial charge is 0.493 e. The zero-order chi connectivity index (χ0) is 14.8. The van der Waals surface area contributed by atoms with Crippen molar-refractivity contribution >= 4 is 5.97 Å². The minimum absolute atomic E-state index is 0.0347. The SMILES string of the molecule is CCOC(=O)C1(c2ccc(OC)c(OC)c2)CC(N)C1. The van der Waals surface area contributed by atoms with Gasteiger partial charge in [-0.2, -0.15) is 0 Å². The van der Waals surface area contributed by atoms with Crippen LogP contribution in [0.3, 0.4) is 0 Å². The van der Waals surface area contributed by atoms with Gasteiger partial charge in [0, 0.05) is 6.04 Å². The van der Waals surface area contributed by atoms with Gasteiger partial charge in [-0.25, -0.2) is 0 Å². The van der Waals surface area contributed by atoms with Crippen molar-refractivity contribution in [1.29, 1.82) is 0 Å². The van der Waals surface area contributed by atoms with E-state index in [1.165, 1.54) is 0 Å². The third-order valence-electron chi connectivity index (χ3n) is 3.82. The van der Waals surface area contributed by atoms with Gasteiger partial charge in [0.2, 0.25) is 0 Å². The molecule has 1 aromatic carbocycles. The Morgan fingerprint density at radius 2 is 1.95 bits per heavy atom. The van der Waals surface area contributed by atoms with Crippen molar-refractivity contribution in [3.05, 3.63) is 23.8 Å². The molecule has 0 spiro atoms. The molecule has 1 aromatic rings. The number of nitrogens with two attached hydrogens (primary N) is 1. The molecule has 2 N–H and O–H groups in total. The molecule has 20 heavy (non-hydrogen) atoms. The van der Waals surface area contributed by atoms with Crippen molar-refractivity contribution < 1.29 is 19.0 Å². The predicted octanol–water partition coefficient (Wildman–Crippen LogP) is 1.63. The van der Waals surface area contributed by atoms with Crippen molar-refractivity contribution in [2.24, 2.45) is 5.73 Å². The summed E-state index contributed by atoms with van der Waals surface area (Å²) >= 11 is 0. The molecule has 0 aromatic heterocycles. The van der Waals surface area contributed by atoms with E-state index in [9.17, 15) is 4.79 Å². The topological polar surface area (TPSA) is 70.8 Å². The second kappa shape index (κ2) is 5.71. The van der Waals surface area contributed by atoms with Crippen LogP contribution in [0.15, 0.2) is 18.2 Å². The zero-order valence-corrected chi connectivity index (χ0v) is 12.1. The van der Waals surface area contributed by atoms with Crippen molar-refractivity contribution in [2.75, 3.05) is 20.8 Å². The van der Waals surface area contributed by atoms with E-state index >= 15 is 0 Å². The maximum Gasteiger partial charge on any atom is 0.316 e. The van der Waals surface area contributed by atoms with Gasteiger partial charge >= 0.3 is 5.97 Å². The van der Waals surface area contributed by atoms with Crippen LogP contribution < -0.4 is 15.2 Å². The molecule has 0 atom stereocenters. The molecule has 0 amide bonds. The van der Waals surface area contributed by atoms with Gasteiger partial charge in [0.15, 0.2) is 11.5 Å². The van der Waals surface area contributed by atoms with Crippen LogP contribution in [0.1, 0.15) is 25.3 Å². The molecule has 5 heteroatoms. The van der Waals surface area contributed by atoms with Crippen LogP contribution in [-0.4, -0.2) is 32.8 Å². The number of methoxy groups -OCH3 is 2. The van der Waals surface area contributed by atoms with E-state index in [2.05, 4.69) is 0 Å². The minimum Gasteiger partial charge on any atom is -0.493 e. The average Bonchev–Trinajstić information content (AvgIpc) is 2.43. The number of carbonyl (C=O) groups excluding carboxylic acids is 1. The Labute approximate surface area is 119 Å². The lowest BCUT2D eigenvalue weighted by Gasteiger charge is -2.44. The van der Waals surface area contributed by atoms with Gasteiger partial charge < -0.3 is 19.9 Å². The molecule has 5 nitrogen and oxygen atoms in total. The fourth-order valence-corrected chi connectivity index (χ4v) is 2.76. The summed E-state index contributed by atoms with van der Waals surface area (Å²) in [5.41, 5.74) is 6.12. The number of benzene rings is 1. The van der Waals surface area contributed by atoms with Crippen molar-refractivity contribution in [3.8, 4) is 11.5 Å². The summed E-state index contributed by atoms with van der Waals surface area (Å²) in [6.07, 6.45) is 1.20. The van der Waals surface area contributed by atoms with Crippen LogP contribution in [-0.2, 0) is 14.9 Å². The standard InChI is InChI=1S/C15H21NO4/c1-4-20-14(17)15(8-11(16)9-15)10-5-6-12(18-2)13(7-10)19-3/h5-7,11H,4,8-9,16H2,1-3H3. The van der Waals surface area contributed by atoms with E-state index in [0.717, 1.165) is 5.56 Å². The Balaban J connectivity index is 2.38. The number of rotatable bonds is 5. The molecule has 1 saturated carbocycles. The number of esters is 1. The summed E-state index contributed by atoms with van der Waals surface area (Å²) in [4.78, 5) is 12.3. The normalized spacial score (nSPS) is 24.7. The first-order valence-electron chi connectivity index (χ1n) is 6.72. The van der Waals surface area contributed by atoms with Gasteiger partial charge in [0.1, 0.15) is 0 Å². The molecule has 1 fully saturated rings. The summed E-state index contributed by atoms with van der Waals surface area (Å²) in [6, 6.07) is 5.55. The Kier molecular flexibility index (Phi) is 4.18. The lowest BCUT2D eigenvalue weighted by Crippen LogP contribution is -2.54. The first-order chi connectivity index (χ1) is 9.57. The lowest BCUT2D eigenvalue weighted by molar-refractivity contribution is -0.154. The second-order valence-corrected chi connectivity index (χ2v) is 5.04. The molecule has 2 rings (SSSR count). The van der Waals surface area contributed by atoms with Gasteiger partial charge in [-0.1, -0.05) is 6.07 Å². The second-order valence-electron chi connectivity index (χ2n) is 5.04. The van der Waals surface area contributed by atoms with Crippen LogP contribution >= 0.6 is 0 Å². The maximum atomic E-state index is 12.3. The highest BCUT2D eigenvalue weighted by Crippen LogP contribution is 2.46. The van der Waals surface area contributed by atoms with Gasteiger partial charge in [-0.3, -0.25) is 4.79 Å². The highest BCUT2D eigenvalue weighted by Gasteiger charge is 2.51. The Hall–Kier alpha value is -1.75. The van der Waals surface area contributed by atoms with E-state index in [4.69, 9.17) is 19.9 Å². The van der Waals surface area contributed by atoms with Crippen LogP contribution in [0.5, 0.6) is 11.5 Å². The molecule has 1 aliphatic carbocycles. The van der Waals surface area contributed by atoms with Crippen molar-refractivity contribution in [2.45, 2.75) is 31.2 Å². The number of hydrogen-bond donors (Lipinski definition) is 1. The fraction of sp³-hybridized carbons (Fsp3) is 0.533. The van der Waals surface area contributed by atoms with Gasteiger partial charge in [0.25, 0.3) is 0 Å². The molecule has 0 heterocycles. The zero-order valence-electron chi connectivity index (χ0n) is 12.1. The summed E-state index contributed by atoms with van der Waals surface area (Å²) in [5, 5.41) is 0. The van der Waals surface area contributed by atoms with E-state index in [0.29, 0.717) is 30.9 Å². The highest BCUT2D eigenvalue weighted by molar-refractivity contribution is 5.85. The molecule has 0 saturated heterocycles. The third kappa shape index (κ3) is 2.33. The van der Waals surface area contributed by atoms with Crippen molar-refractivity contribution in [3.63, 3.8) is 0 Å². The minimum atomic E-state index is -0.644. The Morgan fingerprint density at radius 1 is 1.30 bits per heavy atom. The van der Waals surface area contributed by atoms with Gasteiger partial charge in [-0.05, 0) is 37.5 Å². The molecular formula is C15H21NO4. The average molecular weight is 279 g/mol. The van der Waals surface area contributed by atoms with Crippen LogP contribution in [0.25, 0.3) is 0 Å². The summed E-state index contributed by atoms with van der Waals surface area (Å²) < 4.78 is 15.7. The fourth-order valence-electron chi connectivity index (χ4n) is 2.76. The molecule has 0 aliphatic heterocycles. The number of carbonyl (C=O) groups is 1.